The third kappa shape index (κ3) is 3.53. The van der Waals surface area contributed by atoms with Crippen LogP contribution in [0.1, 0.15) is 10.4 Å². The molecule has 0 bridgehead atoms. The summed E-state index contributed by atoms with van der Waals surface area (Å²) in [6, 6.07) is 5.96. The normalized spacial score (nSPS) is 10.2. The van der Waals surface area contributed by atoms with E-state index < -0.39 is 22.3 Å². The van der Waals surface area contributed by atoms with Crippen LogP contribution in [0.3, 0.4) is 0 Å². The van der Waals surface area contributed by atoms with Crippen molar-refractivity contribution in [2.75, 3.05) is 5.32 Å². The molecule has 2 rings (SSSR count). The molecule has 0 saturated heterocycles. The van der Waals surface area contributed by atoms with Crippen LogP contribution in [0.2, 0.25) is 5.15 Å². The number of carbonyl (C=O) groups is 1. The molecule has 6 nitrogen and oxygen atoms in total. The van der Waals surface area contributed by atoms with Crippen LogP contribution in [0, 0.1) is 15.9 Å². The van der Waals surface area contributed by atoms with Crippen molar-refractivity contribution in [1.82, 2.24) is 4.98 Å². The van der Waals surface area contributed by atoms with Gasteiger partial charge in [0.15, 0.2) is 0 Å². The Bertz CT molecular complexity index is 742. The van der Waals surface area contributed by atoms with Crippen molar-refractivity contribution in [2.24, 2.45) is 0 Å². The molecule has 1 amide bonds. The Morgan fingerprint density at radius 2 is 2.10 bits per heavy atom. The number of carbonyl (C=O) groups excluding carboxylic acids is 1. The van der Waals surface area contributed by atoms with E-state index in [2.05, 4.69) is 26.2 Å². The average molecular weight is 375 g/mol. The van der Waals surface area contributed by atoms with Crippen molar-refractivity contribution in [3.8, 4) is 0 Å². The lowest BCUT2D eigenvalue weighted by molar-refractivity contribution is -0.384. The summed E-state index contributed by atoms with van der Waals surface area (Å²) in [4.78, 5) is 25.9. The van der Waals surface area contributed by atoms with E-state index in [9.17, 15) is 19.3 Å². The molecule has 0 aliphatic heterocycles. The first kappa shape index (κ1) is 15.3. The summed E-state index contributed by atoms with van der Waals surface area (Å²) in [5.74, 6) is -1.48. The van der Waals surface area contributed by atoms with Crippen molar-refractivity contribution in [3.63, 3.8) is 0 Å². The van der Waals surface area contributed by atoms with Crippen LogP contribution >= 0.6 is 27.5 Å². The molecule has 0 aliphatic rings. The molecule has 0 fully saturated rings. The Hall–Kier alpha value is -2.06. The number of hydrogen-bond acceptors (Lipinski definition) is 4. The Morgan fingerprint density at radius 1 is 1.38 bits per heavy atom. The Balaban J connectivity index is 2.33. The molecule has 0 atom stereocenters. The highest BCUT2D eigenvalue weighted by atomic mass is 79.9. The second-order valence-electron chi connectivity index (χ2n) is 3.84. The molecule has 0 spiro atoms. The highest BCUT2D eigenvalue weighted by Crippen LogP contribution is 2.25. The van der Waals surface area contributed by atoms with Gasteiger partial charge in [-0.25, -0.2) is 9.37 Å². The summed E-state index contributed by atoms with van der Waals surface area (Å²) < 4.78 is 13.2. The zero-order valence-corrected chi connectivity index (χ0v) is 12.5. The first-order valence-electron chi connectivity index (χ1n) is 5.46. The molecular formula is C12H6BrClFN3O3. The van der Waals surface area contributed by atoms with Crippen LogP contribution in [-0.4, -0.2) is 15.8 Å². The van der Waals surface area contributed by atoms with Gasteiger partial charge in [0.2, 0.25) is 5.82 Å². The predicted octanol–water partition coefficient (Wildman–Crippen LogP) is 3.80. The highest BCUT2D eigenvalue weighted by molar-refractivity contribution is 9.10. The van der Waals surface area contributed by atoms with Gasteiger partial charge in [0.25, 0.3) is 5.91 Å². The van der Waals surface area contributed by atoms with Crippen LogP contribution in [0.15, 0.2) is 34.8 Å². The van der Waals surface area contributed by atoms with Gasteiger partial charge >= 0.3 is 5.69 Å². The Labute approximate surface area is 131 Å². The lowest BCUT2D eigenvalue weighted by Crippen LogP contribution is -2.14. The Morgan fingerprint density at radius 3 is 2.71 bits per heavy atom. The smallest absolute Gasteiger partial charge is 0.301 e. The molecule has 21 heavy (non-hydrogen) atoms. The number of halogens is 3. The van der Waals surface area contributed by atoms with Gasteiger partial charge in [-0.15, -0.1) is 0 Å². The highest BCUT2D eigenvalue weighted by Gasteiger charge is 2.19. The molecule has 1 N–H and O–H groups in total. The number of benzene rings is 1. The average Bonchev–Trinajstić information content (AvgIpc) is 2.41. The minimum absolute atomic E-state index is 0.00353. The number of hydrogen-bond donors (Lipinski definition) is 1. The first-order chi connectivity index (χ1) is 9.88. The zero-order valence-electron chi connectivity index (χ0n) is 10.1. The van der Waals surface area contributed by atoms with Gasteiger partial charge in [-0.2, -0.15) is 0 Å². The summed E-state index contributed by atoms with van der Waals surface area (Å²) in [6.07, 6.45) is 0. The van der Waals surface area contributed by atoms with Crippen LogP contribution in [-0.2, 0) is 0 Å². The molecule has 1 aromatic heterocycles. The van der Waals surface area contributed by atoms with Gasteiger partial charge in [0.1, 0.15) is 11.0 Å². The van der Waals surface area contributed by atoms with Gasteiger partial charge in [0.05, 0.1) is 9.40 Å². The molecular weight excluding hydrogens is 369 g/mol. The van der Waals surface area contributed by atoms with E-state index >= 15 is 0 Å². The monoisotopic (exact) mass is 373 g/mol. The van der Waals surface area contributed by atoms with E-state index in [1.54, 1.807) is 0 Å². The standard InChI is InChI=1S/C12H6BrClFN3O3/c13-7-5-6(1-2-8(7)15)12(19)17-11-9(18(20)21)3-4-10(14)16-11/h1-5H,(H,16,17,19). The number of nitrogens with one attached hydrogen (secondary N) is 1. The number of nitrogens with zero attached hydrogens (tertiary/aromatic N) is 2. The number of aromatic nitrogens is 1. The topological polar surface area (TPSA) is 85.1 Å². The molecule has 0 aliphatic carbocycles. The zero-order chi connectivity index (χ0) is 15.6. The van der Waals surface area contributed by atoms with Gasteiger partial charge < -0.3 is 5.32 Å². The van der Waals surface area contributed by atoms with E-state index in [1.165, 1.54) is 18.2 Å². The van der Waals surface area contributed by atoms with Crippen molar-refractivity contribution in [3.05, 3.63) is 61.5 Å². The maximum Gasteiger partial charge on any atom is 0.311 e. The van der Waals surface area contributed by atoms with Gasteiger partial charge in [-0.3, -0.25) is 14.9 Å². The van der Waals surface area contributed by atoms with Crippen molar-refractivity contribution in [2.45, 2.75) is 0 Å². The molecule has 9 heteroatoms. The number of rotatable bonds is 3. The van der Waals surface area contributed by atoms with E-state index in [0.29, 0.717) is 0 Å². The van der Waals surface area contributed by atoms with E-state index in [0.717, 1.165) is 12.1 Å². The molecule has 0 saturated carbocycles. The molecule has 0 radical (unpaired) electrons. The fraction of sp³-hybridized carbons (Fsp3) is 0. The SMILES string of the molecule is O=C(Nc1nc(Cl)ccc1[N+](=O)[O-])c1ccc(F)c(Br)c1. The summed E-state index contributed by atoms with van der Waals surface area (Å²) >= 11 is 8.60. The molecule has 1 heterocycles. The van der Waals surface area contributed by atoms with Crippen LogP contribution in [0.4, 0.5) is 15.9 Å². The van der Waals surface area contributed by atoms with Gasteiger partial charge in [-0.05, 0) is 40.2 Å². The van der Waals surface area contributed by atoms with E-state index in [4.69, 9.17) is 11.6 Å². The number of pyridine rings is 1. The van der Waals surface area contributed by atoms with Gasteiger partial charge in [0, 0.05) is 11.6 Å². The van der Waals surface area contributed by atoms with Crippen molar-refractivity contribution >= 4 is 44.9 Å². The quantitative estimate of drug-likeness (QED) is 0.503. The maximum atomic E-state index is 13.1. The first-order valence-corrected chi connectivity index (χ1v) is 6.63. The second kappa shape index (κ2) is 6.15. The van der Waals surface area contributed by atoms with Crippen LogP contribution in [0.25, 0.3) is 0 Å². The minimum atomic E-state index is -0.695. The third-order valence-corrected chi connectivity index (χ3v) is 3.27. The number of nitro groups is 1. The summed E-state index contributed by atoms with van der Waals surface area (Å²) in [5.41, 5.74) is -0.284. The summed E-state index contributed by atoms with van der Waals surface area (Å²) in [5, 5.41) is 13.1. The summed E-state index contributed by atoms with van der Waals surface area (Å²) in [7, 11) is 0. The lowest BCUT2D eigenvalue weighted by atomic mass is 10.2. The molecule has 2 aromatic rings. The van der Waals surface area contributed by atoms with E-state index in [1.807, 2.05) is 0 Å². The second-order valence-corrected chi connectivity index (χ2v) is 5.08. The fourth-order valence-corrected chi connectivity index (χ4v) is 2.01. The van der Waals surface area contributed by atoms with Crippen LogP contribution in [0.5, 0.6) is 0 Å². The maximum absolute atomic E-state index is 13.1. The number of amides is 1. The number of anilines is 1. The van der Waals surface area contributed by atoms with Crippen molar-refractivity contribution < 1.29 is 14.1 Å². The Kier molecular flexibility index (Phi) is 4.49. The third-order valence-electron chi connectivity index (χ3n) is 2.45. The van der Waals surface area contributed by atoms with Crippen LogP contribution < -0.4 is 5.32 Å². The van der Waals surface area contributed by atoms with E-state index in [-0.39, 0.29) is 21.0 Å². The lowest BCUT2D eigenvalue weighted by Gasteiger charge is -2.06. The molecule has 0 unspecified atom stereocenters. The summed E-state index contributed by atoms with van der Waals surface area (Å²) in [6.45, 7) is 0. The molecule has 108 valence electrons. The molecule has 1 aromatic carbocycles. The van der Waals surface area contributed by atoms with Gasteiger partial charge in [-0.1, -0.05) is 11.6 Å². The predicted molar refractivity (Wildman–Crippen MR) is 78.0 cm³/mol. The largest absolute Gasteiger partial charge is 0.311 e. The van der Waals surface area contributed by atoms with Crippen molar-refractivity contribution in [1.29, 1.82) is 0 Å². The fourth-order valence-electron chi connectivity index (χ4n) is 1.48. The minimum Gasteiger partial charge on any atom is -0.301 e.